The van der Waals surface area contributed by atoms with Gasteiger partial charge in [-0.3, -0.25) is 14.4 Å². The second kappa shape index (κ2) is 14.2. The van der Waals surface area contributed by atoms with Gasteiger partial charge in [0.25, 0.3) is 5.91 Å². The molecular formula is C34H45N7O7. The zero-order valence-electron chi connectivity index (χ0n) is 27.9. The number of nitrogens with one attached hydrogen (secondary N) is 3. The Labute approximate surface area is 279 Å². The molecule has 258 valence electrons. The molecule has 0 unspecified atom stereocenters. The van der Waals surface area contributed by atoms with E-state index in [-0.39, 0.29) is 31.0 Å². The summed E-state index contributed by atoms with van der Waals surface area (Å²) in [6.07, 6.45) is 6.63. The molecule has 1 aromatic carbocycles. The topological polar surface area (TPSA) is 185 Å². The van der Waals surface area contributed by atoms with Gasteiger partial charge in [-0.05, 0) is 53.4 Å². The van der Waals surface area contributed by atoms with Crippen molar-refractivity contribution in [1.29, 1.82) is 0 Å². The number of alkyl carbamates (subject to hydrolysis) is 1. The highest BCUT2D eigenvalue weighted by Gasteiger charge is 2.61. The molecule has 1 aliphatic carbocycles. The monoisotopic (exact) mass is 663 g/mol. The van der Waals surface area contributed by atoms with Crippen LogP contribution in [0.3, 0.4) is 0 Å². The minimum absolute atomic E-state index is 0.00936. The minimum Gasteiger partial charge on any atom is -0.479 e. The first-order valence-corrected chi connectivity index (χ1v) is 16.7. The molecule has 0 radical (unpaired) electrons. The third kappa shape index (κ3) is 7.69. The molecule has 1 saturated carbocycles. The van der Waals surface area contributed by atoms with Crippen LogP contribution in [0.2, 0.25) is 0 Å². The van der Waals surface area contributed by atoms with Crippen LogP contribution in [0.25, 0.3) is 11.3 Å². The number of hydrogen-bond donors (Lipinski definition) is 4. The van der Waals surface area contributed by atoms with Crippen LogP contribution in [0.1, 0.15) is 89.2 Å². The fourth-order valence-electron chi connectivity index (χ4n) is 6.37. The van der Waals surface area contributed by atoms with Crippen LogP contribution in [-0.4, -0.2) is 91.1 Å². The van der Waals surface area contributed by atoms with Gasteiger partial charge in [0, 0.05) is 31.0 Å². The number of amides is 4. The third-order valence-electron chi connectivity index (χ3n) is 8.88. The predicted molar refractivity (Wildman–Crippen MR) is 175 cm³/mol. The number of aliphatic carboxylic acids is 1. The van der Waals surface area contributed by atoms with E-state index in [9.17, 15) is 29.1 Å². The number of fused-ring (bicyclic) bond motifs is 2. The summed E-state index contributed by atoms with van der Waals surface area (Å²) in [6, 6.07) is 6.40. The van der Waals surface area contributed by atoms with Crippen LogP contribution in [0.5, 0.6) is 0 Å². The number of ether oxygens (including phenoxy) is 1. The number of carboxylic acids is 1. The molecule has 14 heteroatoms. The quantitative estimate of drug-likeness (QED) is 0.337. The summed E-state index contributed by atoms with van der Waals surface area (Å²) in [5.41, 5.74) is -1.14. The van der Waals surface area contributed by atoms with Crippen molar-refractivity contribution in [2.75, 3.05) is 13.1 Å². The van der Waals surface area contributed by atoms with Gasteiger partial charge in [0.1, 0.15) is 28.9 Å². The van der Waals surface area contributed by atoms with Gasteiger partial charge in [0.2, 0.25) is 11.8 Å². The Morgan fingerprint density at radius 2 is 1.85 bits per heavy atom. The lowest BCUT2D eigenvalue weighted by Crippen LogP contribution is -2.56. The van der Waals surface area contributed by atoms with Crippen molar-refractivity contribution in [3.05, 3.63) is 48.2 Å². The molecule has 48 heavy (non-hydrogen) atoms. The molecule has 4 amide bonds. The van der Waals surface area contributed by atoms with Crippen molar-refractivity contribution < 1.29 is 33.8 Å². The molecule has 2 aliphatic heterocycles. The van der Waals surface area contributed by atoms with Crippen molar-refractivity contribution >= 4 is 29.8 Å². The standard InChI is InChI=1S/C34H45N7O7/c1-5-35-29(43)27-26(21-14-10-9-11-15-21)38-41(39-27)23-18-25-28(42)37-34(31(45)46)19-22(34)16-12-7-6-8-13-17-24(30(44)40(25)20-23)36-32(47)48-33(2,3)4/h9-12,14-16,22-25H,5-8,13,17-20H2,1-4H3,(H,35,43)(H,36,47)(H,37,42)(H,45,46)/b16-12-/t22-,23+,24-,25+,34+/m1/s1. The zero-order valence-corrected chi connectivity index (χ0v) is 27.9. The summed E-state index contributed by atoms with van der Waals surface area (Å²) in [6.45, 7) is 7.34. The summed E-state index contributed by atoms with van der Waals surface area (Å²) in [7, 11) is 0. The van der Waals surface area contributed by atoms with Crippen LogP contribution in [-0.2, 0) is 19.1 Å². The number of allylic oxidation sites excluding steroid dienone is 1. The highest BCUT2D eigenvalue weighted by Crippen LogP contribution is 2.45. The van der Waals surface area contributed by atoms with Crippen molar-refractivity contribution in [1.82, 2.24) is 35.8 Å². The van der Waals surface area contributed by atoms with Gasteiger partial charge in [-0.15, -0.1) is 5.10 Å². The lowest BCUT2D eigenvalue weighted by atomic mass is 10.0. The van der Waals surface area contributed by atoms with Crippen LogP contribution in [0.4, 0.5) is 4.79 Å². The molecule has 3 aliphatic rings. The molecule has 2 fully saturated rings. The number of nitrogens with zero attached hydrogens (tertiary/aromatic N) is 4. The Bertz CT molecular complexity index is 1570. The SMILES string of the molecule is CCNC(=O)c1nn([C@H]2C[C@H]3C(=O)N[C@@]4(C(=O)O)C[C@H]4/C=C\CCCCC[C@@H](NC(=O)OC(C)(C)C)C(=O)N3C2)nc1-c1ccccc1. The van der Waals surface area contributed by atoms with E-state index in [0.29, 0.717) is 30.6 Å². The lowest BCUT2D eigenvalue weighted by molar-refractivity contribution is -0.145. The number of rotatable bonds is 6. The average Bonchev–Trinajstić information content (AvgIpc) is 3.35. The number of carbonyl (C=O) groups excluding carboxylic acids is 4. The van der Waals surface area contributed by atoms with E-state index in [1.165, 1.54) is 9.70 Å². The highest BCUT2D eigenvalue weighted by atomic mass is 16.6. The normalized spacial score (nSPS) is 27.0. The van der Waals surface area contributed by atoms with E-state index in [2.05, 4.69) is 26.1 Å². The molecule has 3 heterocycles. The number of carbonyl (C=O) groups is 5. The maximum atomic E-state index is 14.3. The molecule has 0 spiro atoms. The predicted octanol–water partition coefficient (Wildman–Crippen LogP) is 3.21. The van der Waals surface area contributed by atoms with Gasteiger partial charge in [-0.2, -0.15) is 9.90 Å². The first-order chi connectivity index (χ1) is 22.8. The summed E-state index contributed by atoms with van der Waals surface area (Å²) >= 11 is 0. The fourth-order valence-corrected chi connectivity index (χ4v) is 6.37. The van der Waals surface area contributed by atoms with Gasteiger partial charge >= 0.3 is 12.1 Å². The van der Waals surface area contributed by atoms with Crippen molar-refractivity contribution in [2.24, 2.45) is 5.92 Å². The molecule has 5 rings (SSSR count). The second-order valence-electron chi connectivity index (χ2n) is 13.7. The highest BCUT2D eigenvalue weighted by molar-refractivity contribution is 5.98. The number of hydrogen-bond acceptors (Lipinski definition) is 8. The van der Waals surface area contributed by atoms with Crippen LogP contribution >= 0.6 is 0 Å². The molecule has 1 saturated heterocycles. The summed E-state index contributed by atoms with van der Waals surface area (Å²) in [5, 5.41) is 27.6. The van der Waals surface area contributed by atoms with E-state index < -0.39 is 59.0 Å². The number of benzene rings is 1. The first-order valence-electron chi connectivity index (χ1n) is 16.7. The maximum Gasteiger partial charge on any atom is 0.408 e. The van der Waals surface area contributed by atoms with Crippen molar-refractivity contribution in [2.45, 2.75) is 102 Å². The second-order valence-corrected chi connectivity index (χ2v) is 13.7. The van der Waals surface area contributed by atoms with E-state index in [1.807, 2.05) is 42.5 Å². The summed E-state index contributed by atoms with van der Waals surface area (Å²) < 4.78 is 5.46. The number of aromatic nitrogens is 3. The largest absolute Gasteiger partial charge is 0.479 e. The zero-order chi connectivity index (χ0) is 34.6. The Balaban J connectivity index is 1.50. The molecule has 1 aromatic heterocycles. The van der Waals surface area contributed by atoms with Crippen molar-refractivity contribution in [3.63, 3.8) is 0 Å². The Kier molecular flexibility index (Phi) is 10.2. The average molecular weight is 664 g/mol. The Morgan fingerprint density at radius 3 is 2.54 bits per heavy atom. The molecule has 2 aromatic rings. The van der Waals surface area contributed by atoms with Crippen molar-refractivity contribution in [3.8, 4) is 11.3 Å². The van der Waals surface area contributed by atoms with Crippen LogP contribution < -0.4 is 16.0 Å². The van der Waals surface area contributed by atoms with Crippen LogP contribution in [0, 0.1) is 5.92 Å². The molecule has 0 bridgehead atoms. The lowest BCUT2D eigenvalue weighted by Gasteiger charge is -2.30. The van der Waals surface area contributed by atoms with Gasteiger partial charge < -0.3 is 30.7 Å². The van der Waals surface area contributed by atoms with E-state index in [0.717, 1.165) is 19.3 Å². The minimum atomic E-state index is -1.47. The van der Waals surface area contributed by atoms with E-state index >= 15 is 0 Å². The summed E-state index contributed by atoms with van der Waals surface area (Å²) in [5.74, 6) is -3.03. The van der Waals surface area contributed by atoms with Gasteiger partial charge in [-0.1, -0.05) is 55.3 Å². The van der Waals surface area contributed by atoms with E-state index in [1.54, 1.807) is 27.7 Å². The smallest absolute Gasteiger partial charge is 0.408 e. The van der Waals surface area contributed by atoms with Crippen LogP contribution in [0.15, 0.2) is 42.5 Å². The van der Waals surface area contributed by atoms with E-state index in [4.69, 9.17) is 4.74 Å². The molecule has 14 nitrogen and oxygen atoms in total. The van der Waals surface area contributed by atoms with Gasteiger partial charge in [0.05, 0.1) is 6.04 Å². The number of carboxylic acid groups (broad SMARTS) is 1. The maximum absolute atomic E-state index is 14.3. The molecule has 5 atom stereocenters. The summed E-state index contributed by atoms with van der Waals surface area (Å²) in [4.78, 5) is 69.4. The molecule has 4 N–H and O–H groups in total. The fraction of sp³-hybridized carbons (Fsp3) is 0.559. The third-order valence-corrected chi connectivity index (χ3v) is 8.88. The Hall–Kier alpha value is -4.75. The molecular weight excluding hydrogens is 618 g/mol. The van der Waals surface area contributed by atoms with Gasteiger partial charge in [-0.25, -0.2) is 9.59 Å². The Morgan fingerprint density at radius 1 is 1.10 bits per heavy atom. The first kappa shape index (κ1) is 34.6. The van der Waals surface area contributed by atoms with Gasteiger partial charge in [0.15, 0.2) is 5.69 Å².